The number of benzene rings is 2. The van der Waals surface area contributed by atoms with Crippen molar-refractivity contribution < 1.29 is 18.6 Å². The average molecular weight is 274 g/mol. The van der Waals surface area contributed by atoms with Gasteiger partial charge in [-0.05, 0) is 48.2 Å². The molecule has 0 amide bonds. The summed E-state index contributed by atoms with van der Waals surface area (Å²) in [6.07, 6.45) is 1.67. The number of rotatable bonds is 4. The topological polar surface area (TPSA) is 27.7 Å². The molecular weight excluding hydrogens is 259 g/mol. The van der Waals surface area contributed by atoms with Gasteiger partial charge in [-0.3, -0.25) is 0 Å². The maximum Gasteiger partial charge on any atom is 0.231 e. The lowest BCUT2D eigenvalue weighted by atomic mass is 10.0. The third-order valence-corrected chi connectivity index (χ3v) is 3.33. The number of fused-ring (bicyclic) bond motifs is 1. The molecule has 0 saturated heterocycles. The van der Waals surface area contributed by atoms with Crippen molar-refractivity contribution in [2.24, 2.45) is 0 Å². The van der Waals surface area contributed by atoms with Crippen molar-refractivity contribution in [2.75, 3.05) is 13.9 Å². The molecule has 0 atom stereocenters. The Morgan fingerprint density at radius 3 is 2.55 bits per heavy atom. The van der Waals surface area contributed by atoms with Crippen LogP contribution < -0.4 is 14.2 Å². The van der Waals surface area contributed by atoms with Gasteiger partial charge in [0.15, 0.2) is 11.5 Å². The molecular formula is C16H15FO3. The molecule has 1 heterocycles. The monoisotopic (exact) mass is 274 g/mol. The summed E-state index contributed by atoms with van der Waals surface area (Å²) in [6, 6.07) is 10.5. The van der Waals surface area contributed by atoms with E-state index in [4.69, 9.17) is 14.2 Å². The molecule has 0 aromatic heterocycles. The fourth-order valence-electron chi connectivity index (χ4n) is 2.27. The summed E-state index contributed by atoms with van der Waals surface area (Å²) >= 11 is 0. The zero-order valence-electron chi connectivity index (χ0n) is 11.2. The standard InChI is InChI=1S/C16H15FO3/c1-18-14-8-12(9-15-16(14)20-10-19-15)3-2-11-4-6-13(17)7-5-11/h4-9H,2-3,10H2,1H3. The lowest BCUT2D eigenvalue weighted by molar-refractivity contribution is 0.171. The van der Waals surface area contributed by atoms with Gasteiger partial charge in [0, 0.05) is 0 Å². The third kappa shape index (κ3) is 2.54. The molecule has 3 nitrogen and oxygen atoms in total. The SMILES string of the molecule is COc1cc(CCc2ccc(F)cc2)cc2c1OCO2. The summed E-state index contributed by atoms with van der Waals surface area (Å²) in [7, 11) is 1.61. The van der Waals surface area contributed by atoms with Crippen LogP contribution in [-0.2, 0) is 12.8 Å². The number of aryl methyl sites for hydroxylation is 2. The van der Waals surface area contributed by atoms with Crippen LogP contribution in [0.5, 0.6) is 17.2 Å². The Morgan fingerprint density at radius 1 is 1.05 bits per heavy atom. The number of hydrogen-bond acceptors (Lipinski definition) is 3. The molecule has 0 unspecified atom stereocenters. The minimum atomic E-state index is -0.210. The van der Waals surface area contributed by atoms with Crippen LogP contribution in [-0.4, -0.2) is 13.9 Å². The third-order valence-electron chi connectivity index (χ3n) is 3.33. The van der Waals surface area contributed by atoms with Crippen LogP contribution in [0.2, 0.25) is 0 Å². The van der Waals surface area contributed by atoms with E-state index in [2.05, 4.69) is 0 Å². The highest BCUT2D eigenvalue weighted by Gasteiger charge is 2.19. The normalized spacial score (nSPS) is 12.5. The van der Waals surface area contributed by atoms with E-state index >= 15 is 0 Å². The van der Waals surface area contributed by atoms with E-state index in [0.29, 0.717) is 11.5 Å². The first-order valence-electron chi connectivity index (χ1n) is 6.47. The van der Waals surface area contributed by atoms with Crippen molar-refractivity contribution in [3.8, 4) is 17.2 Å². The molecule has 0 radical (unpaired) electrons. The summed E-state index contributed by atoms with van der Waals surface area (Å²) in [5.41, 5.74) is 2.21. The van der Waals surface area contributed by atoms with E-state index in [1.165, 1.54) is 12.1 Å². The Kier molecular flexibility index (Phi) is 3.46. The van der Waals surface area contributed by atoms with Crippen LogP contribution >= 0.6 is 0 Å². The lowest BCUT2D eigenvalue weighted by Crippen LogP contribution is -1.94. The van der Waals surface area contributed by atoms with Gasteiger partial charge < -0.3 is 14.2 Å². The lowest BCUT2D eigenvalue weighted by Gasteiger charge is -2.08. The molecule has 104 valence electrons. The molecule has 0 spiro atoms. The van der Waals surface area contributed by atoms with Gasteiger partial charge in [-0.15, -0.1) is 0 Å². The zero-order valence-corrected chi connectivity index (χ0v) is 11.2. The van der Waals surface area contributed by atoms with Crippen LogP contribution in [0.3, 0.4) is 0 Å². The highest BCUT2D eigenvalue weighted by molar-refractivity contribution is 5.55. The second-order valence-electron chi connectivity index (χ2n) is 4.66. The molecule has 2 aromatic rings. The van der Waals surface area contributed by atoms with Gasteiger partial charge in [-0.2, -0.15) is 0 Å². The Morgan fingerprint density at radius 2 is 1.80 bits per heavy atom. The fourth-order valence-corrected chi connectivity index (χ4v) is 2.27. The van der Waals surface area contributed by atoms with Gasteiger partial charge in [-0.1, -0.05) is 12.1 Å². The second-order valence-corrected chi connectivity index (χ2v) is 4.66. The predicted molar refractivity (Wildman–Crippen MR) is 72.9 cm³/mol. The molecule has 0 aliphatic carbocycles. The van der Waals surface area contributed by atoms with E-state index in [9.17, 15) is 4.39 Å². The van der Waals surface area contributed by atoms with Gasteiger partial charge >= 0.3 is 0 Å². The minimum absolute atomic E-state index is 0.210. The van der Waals surface area contributed by atoms with Crippen LogP contribution in [0.1, 0.15) is 11.1 Å². The molecule has 0 N–H and O–H groups in total. The van der Waals surface area contributed by atoms with Crippen LogP contribution in [0, 0.1) is 5.82 Å². The van der Waals surface area contributed by atoms with E-state index in [1.807, 2.05) is 12.1 Å². The molecule has 1 aliphatic heterocycles. The highest BCUT2D eigenvalue weighted by Crippen LogP contribution is 2.41. The first-order chi connectivity index (χ1) is 9.76. The van der Waals surface area contributed by atoms with Crippen molar-refractivity contribution >= 4 is 0 Å². The van der Waals surface area contributed by atoms with Gasteiger partial charge in [0.2, 0.25) is 12.5 Å². The molecule has 0 bridgehead atoms. The van der Waals surface area contributed by atoms with Gasteiger partial charge in [0.25, 0.3) is 0 Å². The Hall–Kier alpha value is -2.23. The van der Waals surface area contributed by atoms with E-state index in [1.54, 1.807) is 19.2 Å². The van der Waals surface area contributed by atoms with Crippen molar-refractivity contribution in [1.82, 2.24) is 0 Å². The van der Waals surface area contributed by atoms with Crippen molar-refractivity contribution in [3.05, 3.63) is 53.3 Å². The second kappa shape index (κ2) is 5.41. The summed E-state index contributed by atoms with van der Waals surface area (Å²) in [5.74, 6) is 1.86. The quantitative estimate of drug-likeness (QED) is 0.855. The smallest absolute Gasteiger partial charge is 0.231 e. The first kappa shape index (κ1) is 12.8. The summed E-state index contributed by atoms with van der Waals surface area (Å²) in [6.45, 7) is 0.229. The van der Waals surface area contributed by atoms with Gasteiger partial charge in [0.05, 0.1) is 7.11 Å². The van der Waals surface area contributed by atoms with E-state index in [0.717, 1.165) is 29.7 Å². The molecule has 3 rings (SSSR count). The molecule has 1 aliphatic rings. The predicted octanol–water partition coefficient (Wildman–Crippen LogP) is 3.35. The van der Waals surface area contributed by atoms with E-state index < -0.39 is 0 Å². The van der Waals surface area contributed by atoms with Crippen LogP contribution in [0.15, 0.2) is 36.4 Å². The number of hydrogen-bond donors (Lipinski definition) is 0. The van der Waals surface area contributed by atoms with Crippen molar-refractivity contribution in [1.29, 1.82) is 0 Å². The van der Waals surface area contributed by atoms with Gasteiger partial charge in [-0.25, -0.2) is 4.39 Å². The Balaban J connectivity index is 1.76. The maximum absolute atomic E-state index is 12.9. The van der Waals surface area contributed by atoms with Gasteiger partial charge in [0.1, 0.15) is 5.82 Å². The molecule has 0 saturated carbocycles. The summed E-state index contributed by atoms with van der Waals surface area (Å²) in [5, 5.41) is 0. The van der Waals surface area contributed by atoms with Crippen LogP contribution in [0.4, 0.5) is 4.39 Å². The largest absolute Gasteiger partial charge is 0.493 e. The highest BCUT2D eigenvalue weighted by atomic mass is 19.1. The summed E-state index contributed by atoms with van der Waals surface area (Å²) in [4.78, 5) is 0. The number of ether oxygens (including phenoxy) is 3. The van der Waals surface area contributed by atoms with E-state index in [-0.39, 0.29) is 12.6 Å². The zero-order chi connectivity index (χ0) is 13.9. The molecule has 0 fully saturated rings. The summed E-state index contributed by atoms with van der Waals surface area (Å²) < 4.78 is 28.9. The maximum atomic E-state index is 12.9. The Labute approximate surface area is 116 Å². The van der Waals surface area contributed by atoms with Crippen LogP contribution in [0.25, 0.3) is 0 Å². The number of methoxy groups -OCH3 is 1. The molecule has 2 aromatic carbocycles. The molecule has 20 heavy (non-hydrogen) atoms. The first-order valence-corrected chi connectivity index (χ1v) is 6.47. The molecule has 4 heteroatoms. The minimum Gasteiger partial charge on any atom is -0.493 e. The Bertz CT molecular complexity index is 608. The average Bonchev–Trinajstić information content (AvgIpc) is 2.94. The van der Waals surface area contributed by atoms with Crippen molar-refractivity contribution in [3.63, 3.8) is 0 Å². The van der Waals surface area contributed by atoms with Crippen molar-refractivity contribution in [2.45, 2.75) is 12.8 Å². The fraction of sp³-hybridized carbons (Fsp3) is 0.250. The number of halogens is 1.